The van der Waals surface area contributed by atoms with Crippen molar-refractivity contribution in [3.63, 3.8) is 0 Å². The molecule has 14 heavy (non-hydrogen) atoms. The van der Waals surface area contributed by atoms with Gasteiger partial charge in [0.25, 0.3) is 0 Å². The van der Waals surface area contributed by atoms with Crippen LogP contribution >= 0.6 is 0 Å². The first kappa shape index (κ1) is 11.2. The Balaban J connectivity index is 1.85. The number of nitrogens with one attached hydrogen (secondary N) is 2. The van der Waals surface area contributed by atoms with Gasteiger partial charge >= 0.3 is 0 Å². The summed E-state index contributed by atoms with van der Waals surface area (Å²) < 4.78 is 10.1. The summed E-state index contributed by atoms with van der Waals surface area (Å²) in [5.41, 5.74) is 1.09. The smallest absolute Gasteiger partial charge is 0.0922 e. The van der Waals surface area contributed by atoms with Crippen molar-refractivity contribution >= 4 is 0 Å². The van der Waals surface area contributed by atoms with Gasteiger partial charge in [0.1, 0.15) is 0 Å². The van der Waals surface area contributed by atoms with Gasteiger partial charge in [-0.3, -0.25) is 0 Å². The Hall–Kier alpha value is -0.910. The molecule has 0 aliphatic rings. The molecule has 5 heteroatoms. The van der Waals surface area contributed by atoms with Crippen molar-refractivity contribution in [2.45, 2.75) is 6.54 Å². The zero-order valence-electron chi connectivity index (χ0n) is 8.45. The summed E-state index contributed by atoms with van der Waals surface area (Å²) in [6, 6.07) is 0. The zero-order chi connectivity index (χ0) is 10.1. The maximum Gasteiger partial charge on any atom is 0.0922 e. The van der Waals surface area contributed by atoms with E-state index in [-0.39, 0.29) is 0 Å². The molecular weight excluding hydrogens is 182 g/mol. The van der Waals surface area contributed by atoms with Crippen LogP contribution in [0, 0.1) is 0 Å². The molecule has 1 aromatic heterocycles. The van der Waals surface area contributed by atoms with Crippen molar-refractivity contribution in [1.82, 2.24) is 15.3 Å². The van der Waals surface area contributed by atoms with E-state index in [1.165, 1.54) is 0 Å². The first-order valence-corrected chi connectivity index (χ1v) is 4.68. The minimum absolute atomic E-state index is 0.653. The third-order valence-corrected chi connectivity index (χ3v) is 1.73. The van der Waals surface area contributed by atoms with E-state index in [1.807, 2.05) is 0 Å². The first-order chi connectivity index (χ1) is 6.93. The SMILES string of the molecule is COCCOCCNCc1cnc[nH]1. The zero-order valence-corrected chi connectivity index (χ0v) is 8.45. The molecule has 0 saturated heterocycles. The number of aromatic nitrogens is 2. The van der Waals surface area contributed by atoms with Gasteiger partial charge in [0.05, 0.1) is 26.1 Å². The van der Waals surface area contributed by atoms with E-state index in [0.29, 0.717) is 19.8 Å². The summed E-state index contributed by atoms with van der Waals surface area (Å²) in [6.45, 7) is 3.65. The quantitative estimate of drug-likeness (QED) is 0.586. The van der Waals surface area contributed by atoms with Crippen LogP contribution in [-0.4, -0.2) is 43.4 Å². The van der Waals surface area contributed by atoms with Crippen molar-refractivity contribution < 1.29 is 9.47 Å². The first-order valence-electron chi connectivity index (χ1n) is 4.68. The van der Waals surface area contributed by atoms with Gasteiger partial charge in [0, 0.05) is 32.1 Å². The molecular formula is C9H17N3O2. The third kappa shape index (κ3) is 4.96. The summed E-state index contributed by atoms with van der Waals surface area (Å²) >= 11 is 0. The van der Waals surface area contributed by atoms with E-state index in [1.54, 1.807) is 19.6 Å². The molecule has 0 aliphatic carbocycles. The molecule has 0 unspecified atom stereocenters. The summed E-state index contributed by atoms with van der Waals surface area (Å²) in [5, 5.41) is 3.23. The fraction of sp³-hybridized carbons (Fsp3) is 0.667. The monoisotopic (exact) mass is 199 g/mol. The van der Waals surface area contributed by atoms with Crippen LogP contribution in [0.3, 0.4) is 0 Å². The number of hydrogen-bond acceptors (Lipinski definition) is 4. The highest BCUT2D eigenvalue weighted by atomic mass is 16.5. The van der Waals surface area contributed by atoms with Crippen LogP contribution < -0.4 is 5.32 Å². The van der Waals surface area contributed by atoms with Crippen molar-refractivity contribution in [1.29, 1.82) is 0 Å². The average Bonchev–Trinajstić information content (AvgIpc) is 2.69. The lowest BCUT2D eigenvalue weighted by molar-refractivity contribution is 0.0719. The Kier molecular flexibility index (Phi) is 5.97. The lowest BCUT2D eigenvalue weighted by Gasteiger charge is -2.04. The van der Waals surface area contributed by atoms with E-state index in [4.69, 9.17) is 9.47 Å². The van der Waals surface area contributed by atoms with Gasteiger partial charge in [0.15, 0.2) is 0 Å². The summed E-state index contributed by atoms with van der Waals surface area (Å²) in [5.74, 6) is 0. The summed E-state index contributed by atoms with van der Waals surface area (Å²) in [6.07, 6.45) is 3.48. The average molecular weight is 199 g/mol. The number of rotatable bonds is 8. The van der Waals surface area contributed by atoms with Crippen LogP contribution in [0.15, 0.2) is 12.5 Å². The van der Waals surface area contributed by atoms with E-state index < -0.39 is 0 Å². The number of imidazole rings is 1. The highest BCUT2D eigenvalue weighted by Gasteiger charge is 1.92. The molecule has 0 fully saturated rings. The molecule has 80 valence electrons. The second-order valence-corrected chi connectivity index (χ2v) is 2.86. The number of H-pyrrole nitrogens is 1. The van der Waals surface area contributed by atoms with Crippen molar-refractivity contribution in [3.05, 3.63) is 18.2 Å². The van der Waals surface area contributed by atoms with Crippen LogP contribution in [-0.2, 0) is 16.0 Å². The second kappa shape index (κ2) is 7.49. The Labute approximate surface area is 83.8 Å². The van der Waals surface area contributed by atoms with E-state index >= 15 is 0 Å². The molecule has 0 amide bonds. The molecule has 1 rings (SSSR count). The number of hydrogen-bond donors (Lipinski definition) is 2. The Morgan fingerprint density at radius 1 is 1.43 bits per heavy atom. The van der Waals surface area contributed by atoms with Gasteiger partial charge in [-0.15, -0.1) is 0 Å². The molecule has 2 N–H and O–H groups in total. The fourth-order valence-electron chi connectivity index (χ4n) is 0.993. The van der Waals surface area contributed by atoms with Gasteiger partial charge in [-0.1, -0.05) is 0 Å². The van der Waals surface area contributed by atoms with Crippen LogP contribution in [0.2, 0.25) is 0 Å². The maximum absolute atomic E-state index is 5.28. The molecule has 0 bridgehead atoms. The number of methoxy groups -OCH3 is 1. The predicted molar refractivity (Wildman–Crippen MR) is 53.0 cm³/mol. The van der Waals surface area contributed by atoms with Gasteiger partial charge in [-0.2, -0.15) is 0 Å². The molecule has 0 spiro atoms. The van der Waals surface area contributed by atoms with Crippen molar-refractivity contribution in [2.75, 3.05) is 33.5 Å². The minimum atomic E-state index is 0.653. The van der Waals surface area contributed by atoms with Gasteiger partial charge in [-0.05, 0) is 0 Å². The molecule has 0 saturated carbocycles. The van der Waals surface area contributed by atoms with Crippen molar-refractivity contribution in [3.8, 4) is 0 Å². The van der Waals surface area contributed by atoms with E-state index in [9.17, 15) is 0 Å². The predicted octanol–water partition coefficient (Wildman–Crippen LogP) is 0.162. The third-order valence-electron chi connectivity index (χ3n) is 1.73. The largest absolute Gasteiger partial charge is 0.382 e. The molecule has 1 aromatic rings. The standard InChI is InChI=1S/C9H17N3O2/c1-13-4-5-14-3-2-10-6-9-7-11-8-12-9/h7-8,10H,2-6H2,1H3,(H,11,12). The lowest BCUT2D eigenvalue weighted by Crippen LogP contribution is -2.20. The molecule has 0 atom stereocenters. The molecule has 0 radical (unpaired) electrons. The Morgan fingerprint density at radius 3 is 3.07 bits per heavy atom. The van der Waals surface area contributed by atoms with Crippen molar-refractivity contribution in [2.24, 2.45) is 0 Å². The second-order valence-electron chi connectivity index (χ2n) is 2.86. The van der Waals surface area contributed by atoms with Crippen LogP contribution in [0.4, 0.5) is 0 Å². The molecule has 0 aromatic carbocycles. The fourth-order valence-corrected chi connectivity index (χ4v) is 0.993. The minimum Gasteiger partial charge on any atom is -0.382 e. The van der Waals surface area contributed by atoms with Gasteiger partial charge in [0.2, 0.25) is 0 Å². The maximum atomic E-state index is 5.28. The number of nitrogens with zero attached hydrogens (tertiary/aromatic N) is 1. The molecule has 5 nitrogen and oxygen atoms in total. The highest BCUT2D eigenvalue weighted by molar-refractivity contribution is 4.92. The van der Waals surface area contributed by atoms with Gasteiger partial charge < -0.3 is 19.8 Å². The highest BCUT2D eigenvalue weighted by Crippen LogP contribution is 1.88. The van der Waals surface area contributed by atoms with Crippen LogP contribution in [0.5, 0.6) is 0 Å². The molecule has 1 heterocycles. The van der Waals surface area contributed by atoms with Crippen LogP contribution in [0.1, 0.15) is 5.69 Å². The van der Waals surface area contributed by atoms with E-state index in [2.05, 4.69) is 15.3 Å². The number of ether oxygens (including phenoxy) is 2. The van der Waals surface area contributed by atoms with Gasteiger partial charge in [-0.25, -0.2) is 4.98 Å². The van der Waals surface area contributed by atoms with Crippen LogP contribution in [0.25, 0.3) is 0 Å². The Bertz CT molecular complexity index is 214. The topological polar surface area (TPSA) is 59.2 Å². The molecule has 0 aliphatic heterocycles. The van der Waals surface area contributed by atoms with E-state index in [0.717, 1.165) is 18.8 Å². The lowest BCUT2D eigenvalue weighted by atomic mass is 10.5. The Morgan fingerprint density at radius 2 is 2.36 bits per heavy atom. The summed E-state index contributed by atoms with van der Waals surface area (Å²) in [4.78, 5) is 6.93. The number of aromatic amines is 1. The normalized spacial score (nSPS) is 10.6. The summed E-state index contributed by atoms with van der Waals surface area (Å²) in [7, 11) is 1.67.